The fourth-order valence-corrected chi connectivity index (χ4v) is 0.640. The van der Waals surface area contributed by atoms with E-state index in [1.165, 1.54) is 0 Å². The summed E-state index contributed by atoms with van der Waals surface area (Å²) >= 11 is 0. The van der Waals surface area contributed by atoms with Crippen molar-refractivity contribution >= 4 is 5.97 Å². The molecular formula is C5H5N3O4. The molecule has 64 valence electrons. The second-order valence-electron chi connectivity index (χ2n) is 1.99. The fourth-order valence-electron chi connectivity index (χ4n) is 0.640. The number of nitrogen functional groups attached to an aromatic ring is 1. The summed E-state index contributed by atoms with van der Waals surface area (Å²) in [5, 5.41) is 8.39. The van der Waals surface area contributed by atoms with E-state index < -0.39 is 22.8 Å². The largest absolute Gasteiger partial charge is 0.477 e. The van der Waals surface area contributed by atoms with Gasteiger partial charge in [-0.25, -0.2) is 9.59 Å². The summed E-state index contributed by atoms with van der Waals surface area (Å²) in [6.07, 6.45) is 0.802. The molecule has 0 saturated carbocycles. The van der Waals surface area contributed by atoms with Crippen LogP contribution in [0.1, 0.15) is 10.4 Å². The fraction of sp³-hybridized carbons (Fsp3) is 0. The summed E-state index contributed by atoms with van der Waals surface area (Å²) in [6, 6.07) is 0. The predicted molar refractivity (Wildman–Crippen MR) is 38.4 cm³/mol. The summed E-state index contributed by atoms with van der Waals surface area (Å²) in [4.78, 5) is 33.8. The maximum Gasteiger partial charge on any atom is 0.347 e. The van der Waals surface area contributed by atoms with Crippen molar-refractivity contribution in [2.24, 2.45) is 0 Å². The molecule has 0 atom stereocenters. The molecule has 1 aromatic heterocycles. The zero-order chi connectivity index (χ0) is 9.30. The summed E-state index contributed by atoms with van der Waals surface area (Å²) in [7, 11) is 0. The van der Waals surface area contributed by atoms with E-state index >= 15 is 0 Å². The van der Waals surface area contributed by atoms with E-state index in [0.29, 0.717) is 0 Å². The molecule has 0 spiro atoms. The minimum Gasteiger partial charge on any atom is -0.477 e. The first-order chi connectivity index (χ1) is 5.54. The molecule has 0 unspecified atom stereocenters. The monoisotopic (exact) mass is 171 g/mol. The molecule has 0 aromatic carbocycles. The lowest BCUT2D eigenvalue weighted by atomic mass is 10.3. The first-order valence-corrected chi connectivity index (χ1v) is 2.87. The van der Waals surface area contributed by atoms with Crippen LogP contribution in [0.3, 0.4) is 0 Å². The average molecular weight is 171 g/mol. The first kappa shape index (κ1) is 8.05. The van der Waals surface area contributed by atoms with Crippen LogP contribution in [0.4, 0.5) is 0 Å². The number of carboxylic acids is 1. The van der Waals surface area contributed by atoms with Crippen molar-refractivity contribution < 1.29 is 9.90 Å². The summed E-state index contributed by atoms with van der Waals surface area (Å²) in [5.74, 6) is 3.48. The minimum absolute atomic E-state index is 0.198. The van der Waals surface area contributed by atoms with Crippen molar-refractivity contribution in [2.45, 2.75) is 0 Å². The normalized spacial score (nSPS) is 9.67. The molecule has 0 fully saturated rings. The molecule has 0 radical (unpaired) electrons. The van der Waals surface area contributed by atoms with Crippen molar-refractivity contribution in [3.05, 3.63) is 32.6 Å². The second kappa shape index (κ2) is 2.53. The van der Waals surface area contributed by atoms with Gasteiger partial charge in [-0.15, -0.1) is 0 Å². The molecule has 12 heavy (non-hydrogen) atoms. The third-order valence-electron chi connectivity index (χ3n) is 1.24. The average Bonchev–Trinajstić information content (AvgIpc) is 2.00. The van der Waals surface area contributed by atoms with Gasteiger partial charge in [-0.3, -0.25) is 4.79 Å². The standard InChI is InChI=1S/C5H5N3O4/c6-8-3(9)2(4(10)11)1-7-5(8)12/h1H,6H2,(H,7,12)(H,10,11). The van der Waals surface area contributed by atoms with Gasteiger partial charge in [0, 0.05) is 6.20 Å². The number of aromatic nitrogens is 2. The van der Waals surface area contributed by atoms with Gasteiger partial charge in [0.05, 0.1) is 0 Å². The minimum atomic E-state index is -1.43. The van der Waals surface area contributed by atoms with Gasteiger partial charge in [-0.1, -0.05) is 0 Å². The summed E-state index contributed by atoms with van der Waals surface area (Å²) in [5.41, 5.74) is -2.46. The summed E-state index contributed by atoms with van der Waals surface area (Å²) in [6.45, 7) is 0. The van der Waals surface area contributed by atoms with Crippen molar-refractivity contribution in [3.63, 3.8) is 0 Å². The predicted octanol–water partition coefficient (Wildman–Crippen LogP) is -2.05. The first-order valence-electron chi connectivity index (χ1n) is 2.87. The van der Waals surface area contributed by atoms with E-state index in [9.17, 15) is 14.4 Å². The number of carbonyl (C=O) groups is 1. The lowest BCUT2D eigenvalue weighted by molar-refractivity contribution is 0.0693. The number of rotatable bonds is 1. The second-order valence-corrected chi connectivity index (χ2v) is 1.99. The van der Waals surface area contributed by atoms with Gasteiger partial charge in [-0.2, -0.15) is 4.68 Å². The zero-order valence-electron chi connectivity index (χ0n) is 5.77. The smallest absolute Gasteiger partial charge is 0.347 e. The van der Waals surface area contributed by atoms with Crippen LogP contribution in [-0.4, -0.2) is 20.7 Å². The highest BCUT2D eigenvalue weighted by Crippen LogP contribution is 1.82. The molecule has 0 aliphatic rings. The number of nitrogens with one attached hydrogen (secondary N) is 1. The zero-order valence-corrected chi connectivity index (χ0v) is 5.77. The van der Waals surface area contributed by atoms with Crippen LogP contribution in [0.2, 0.25) is 0 Å². The number of nitrogens with two attached hydrogens (primary N) is 1. The molecule has 1 heterocycles. The number of aromatic amines is 1. The number of aromatic carboxylic acids is 1. The van der Waals surface area contributed by atoms with Crippen LogP contribution in [0.15, 0.2) is 15.8 Å². The number of hydrogen-bond donors (Lipinski definition) is 3. The Bertz CT molecular complexity index is 429. The molecule has 4 N–H and O–H groups in total. The Morgan fingerprint density at radius 1 is 1.58 bits per heavy atom. The van der Waals surface area contributed by atoms with Gasteiger partial charge < -0.3 is 15.9 Å². The van der Waals surface area contributed by atoms with E-state index in [1.54, 1.807) is 0 Å². The van der Waals surface area contributed by atoms with Gasteiger partial charge in [0.1, 0.15) is 5.56 Å². The third kappa shape index (κ3) is 1.07. The van der Waals surface area contributed by atoms with E-state index in [1.807, 2.05) is 4.98 Å². The van der Waals surface area contributed by atoms with Crippen LogP contribution >= 0.6 is 0 Å². The molecule has 1 aromatic rings. The Hall–Kier alpha value is -2.05. The van der Waals surface area contributed by atoms with E-state index in [4.69, 9.17) is 10.9 Å². The Kier molecular flexibility index (Phi) is 1.70. The Morgan fingerprint density at radius 3 is 2.67 bits per heavy atom. The SMILES string of the molecule is Nn1c(=O)[nH]cc(C(=O)O)c1=O. The highest BCUT2D eigenvalue weighted by molar-refractivity contribution is 5.86. The molecule has 0 bridgehead atoms. The molecule has 7 nitrogen and oxygen atoms in total. The highest BCUT2D eigenvalue weighted by atomic mass is 16.4. The van der Waals surface area contributed by atoms with E-state index in [2.05, 4.69) is 0 Å². The number of hydrogen-bond acceptors (Lipinski definition) is 4. The van der Waals surface area contributed by atoms with Crippen LogP contribution in [-0.2, 0) is 0 Å². The highest BCUT2D eigenvalue weighted by Gasteiger charge is 2.10. The maximum absolute atomic E-state index is 10.9. The van der Waals surface area contributed by atoms with Crippen molar-refractivity contribution in [3.8, 4) is 0 Å². The maximum atomic E-state index is 10.9. The van der Waals surface area contributed by atoms with Gasteiger partial charge in [0.15, 0.2) is 0 Å². The van der Waals surface area contributed by atoms with Crippen LogP contribution in [0.25, 0.3) is 0 Å². The van der Waals surface area contributed by atoms with Gasteiger partial charge in [-0.05, 0) is 0 Å². The number of H-pyrrole nitrogens is 1. The third-order valence-corrected chi connectivity index (χ3v) is 1.24. The Labute approximate surface area is 65.0 Å². The molecular weight excluding hydrogens is 166 g/mol. The van der Waals surface area contributed by atoms with Crippen LogP contribution < -0.4 is 17.1 Å². The van der Waals surface area contributed by atoms with Crippen molar-refractivity contribution in [1.29, 1.82) is 0 Å². The summed E-state index contributed by atoms with van der Waals surface area (Å²) < 4.78 is 0.198. The Balaban J connectivity index is 3.58. The number of carboxylic acid groups (broad SMARTS) is 1. The van der Waals surface area contributed by atoms with Crippen molar-refractivity contribution in [2.75, 3.05) is 5.84 Å². The molecule has 0 aliphatic heterocycles. The quantitative estimate of drug-likeness (QED) is 0.420. The number of nitrogens with zero attached hydrogens (tertiary/aromatic N) is 1. The lowest BCUT2D eigenvalue weighted by Crippen LogP contribution is -2.42. The van der Waals surface area contributed by atoms with Crippen LogP contribution in [0.5, 0.6) is 0 Å². The van der Waals surface area contributed by atoms with Crippen molar-refractivity contribution in [1.82, 2.24) is 9.66 Å². The molecule has 0 aliphatic carbocycles. The lowest BCUT2D eigenvalue weighted by Gasteiger charge is -1.95. The van der Waals surface area contributed by atoms with E-state index in [-0.39, 0.29) is 4.68 Å². The van der Waals surface area contributed by atoms with Gasteiger partial charge >= 0.3 is 11.7 Å². The van der Waals surface area contributed by atoms with Gasteiger partial charge in [0.2, 0.25) is 0 Å². The molecule has 1 rings (SSSR count). The molecule has 0 amide bonds. The topological polar surface area (TPSA) is 118 Å². The Morgan fingerprint density at radius 2 is 2.17 bits per heavy atom. The van der Waals surface area contributed by atoms with Crippen LogP contribution in [0, 0.1) is 0 Å². The molecule has 7 heteroatoms. The van der Waals surface area contributed by atoms with Gasteiger partial charge in [0.25, 0.3) is 5.56 Å². The van der Waals surface area contributed by atoms with E-state index in [0.717, 1.165) is 6.20 Å². The molecule has 0 saturated heterocycles.